The summed E-state index contributed by atoms with van der Waals surface area (Å²) in [4.78, 5) is 52.7. The molecule has 1 unspecified atom stereocenters. The average molecular weight is 516 g/mol. The molecule has 188 valence electrons. The van der Waals surface area contributed by atoms with Crippen LogP contribution in [-0.4, -0.2) is 81.8 Å². The highest BCUT2D eigenvalue weighted by atomic mass is 32.1. The van der Waals surface area contributed by atoms with Crippen LogP contribution in [0.4, 0.5) is 9.93 Å². The number of thiazole rings is 1. The summed E-state index contributed by atoms with van der Waals surface area (Å²) in [6.07, 6.45) is 0. The summed E-state index contributed by atoms with van der Waals surface area (Å²) in [7, 11) is 1.60. The Balaban J connectivity index is 1.45. The van der Waals surface area contributed by atoms with Gasteiger partial charge in [-0.15, -0.1) is 0 Å². The van der Waals surface area contributed by atoms with Crippen molar-refractivity contribution in [3.05, 3.63) is 53.3 Å². The summed E-state index contributed by atoms with van der Waals surface area (Å²) in [6.45, 7) is 4.66. The standard InChI is InChI=1S/C26H25N7O3S/c1-15-9-19(10-16(2)28-15)23-22(18-6-4-5-17(11-18)12-27)29-25(37-23)30-26(36)32-7-8-33-20(13-32)24(35)31(3)14-21(33)34/h4-6,9-11,20H,7-8,13-14H2,1-3H3,(H,29,30,36). The number of carbonyl (C=O) groups is 3. The van der Waals surface area contributed by atoms with E-state index >= 15 is 0 Å². The second kappa shape index (κ2) is 9.63. The number of nitriles is 1. The monoisotopic (exact) mass is 515 g/mol. The molecule has 0 aliphatic carbocycles. The van der Waals surface area contributed by atoms with Crippen molar-refractivity contribution in [3.8, 4) is 27.8 Å². The largest absolute Gasteiger partial charge is 0.335 e. The molecule has 3 aromatic rings. The van der Waals surface area contributed by atoms with Crippen molar-refractivity contribution in [3.63, 3.8) is 0 Å². The number of aryl methyl sites for hydroxylation is 2. The van der Waals surface area contributed by atoms with Crippen LogP contribution >= 0.6 is 11.3 Å². The Morgan fingerprint density at radius 1 is 1.11 bits per heavy atom. The number of nitrogens with zero attached hydrogens (tertiary/aromatic N) is 6. The van der Waals surface area contributed by atoms with Crippen LogP contribution in [0.25, 0.3) is 21.7 Å². The van der Waals surface area contributed by atoms with Gasteiger partial charge in [0.25, 0.3) is 0 Å². The van der Waals surface area contributed by atoms with Crippen LogP contribution < -0.4 is 5.32 Å². The molecule has 2 saturated heterocycles. The maximum Gasteiger partial charge on any atom is 0.323 e. The van der Waals surface area contributed by atoms with Gasteiger partial charge >= 0.3 is 6.03 Å². The zero-order valence-corrected chi connectivity index (χ0v) is 21.5. The Morgan fingerprint density at radius 3 is 2.59 bits per heavy atom. The molecular weight excluding hydrogens is 490 g/mol. The lowest BCUT2D eigenvalue weighted by Gasteiger charge is -2.45. The number of piperazine rings is 2. The van der Waals surface area contributed by atoms with Crippen LogP contribution in [0.5, 0.6) is 0 Å². The van der Waals surface area contributed by atoms with Crippen LogP contribution in [0, 0.1) is 25.2 Å². The van der Waals surface area contributed by atoms with Crippen LogP contribution in [0.2, 0.25) is 0 Å². The van der Waals surface area contributed by atoms with Gasteiger partial charge in [-0.1, -0.05) is 23.5 Å². The summed E-state index contributed by atoms with van der Waals surface area (Å²) in [6, 6.07) is 12.2. The van der Waals surface area contributed by atoms with E-state index in [4.69, 9.17) is 4.98 Å². The van der Waals surface area contributed by atoms with Gasteiger partial charge in [0.15, 0.2) is 5.13 Å². The molecule has 1 aromatic carbocycles. The number of fused-ring (bicyclic) bond motifs is 1. The van der Waals surface area contributed by atoms with Gasteiger partial charge in [0.2, 0.25) is 11.8 Å². The van der Waals surface area contributed by atoms with Gasteiger partial charge in [-0.05, 0) is 43.7 Å². The molecule has 0 saturated carbocycles. The molecule has 11 heteroatoms. The van der Waals surface area contributed by atoms with Crippen molar-refractivity contribution in [2.45, 2.75) is 19.9 Å². The van der Waals surface area contributed by atoms with E-state index in [1.54, 1.807) is 35.0 Å². The second-order valence-electron chi connectivity index (χ2n) is 9.20. The van der Waals surface area contributed by atoms with Crippen molar-refractivity contribution in [1.29, 1.82) is 5.26 Å². The van der Waals surface area contributed by atoms with Crippen molar-refractivity contribution in [2.75, 3.05) is 38.5 Å². The highest BCUT2D eigenvalue weighted by Gasteiger charge is 2.42. The fraction of sp³-hybridized carbons (Fsp3) is 0.308. The molecule has 1 N–H and O–H groups in total. The maximum atomic E-state index is 13.2. The Bertz CT molecular complexity index is 1440. The average Bonchev–Trinajstić information content (AvgIpc) is 3.30. The third-order valence-electron chi connectivity index (χ3n) is 6.47. The smallest absolute Gasteiger partial charge is 0.323 e. The number of hydrogen-bond acceptors (Lipinski definition) is 7. The lowest BCUT2D eigenvalue weighted by atomic mass is 10.0. The predicted molar refractivity (Wildman–Crippen MR) is 139 cm³/mol. The van der Waals surface area contributed by atoms with Gasteiger partial charge in [0, 0.05) is 37.1 Å². The highest BCUT2D eigenvalue weighted by molar-refractivity contribution is 7.19. The number of urea groups is 1. The van der Waals surface area contributed by atoms with Crippen molar-refractivity contribution < 1.29 is 14.4 Å². The third kappa shape index (κ3) is 4.75. The lowest BCUT2D eigenvalue weighted by Crippen LogP contribution is -2.67. The minimum Gasteiger partial charge on any atom is -0.335 e. The number of hydrogen-bond donors (Lipinski definition) is 1. The summed E-state index contributed by atoms with van der Waals surface area (Å²) in [5.74, 6) is -0.277. The van der Waals surface area contributed by atoms with Crippen LogP contribution in [0.3, 0.4) is 0 Å². The molecule has 10 nitrogen and oxygen atoms in total. The number of aromatic nitrogens is 2. The van der Waals surface area contributed by atoms with Crippen LogP contribution in [0.1, 0.15) is 17.0 Å². The quantitative estimate of drug-likeness (QED) is 0.572. The van der Waals surface area contributed by atoms with E-state index in [0.29, 0.717) is 29.5 Å². The zero-order chi connectivity index (χ0) is 26.3. The van der Waals surface area contributed by atoms with E-state index in [1.165, 1.54) is 16.2 Å². The summed E-state index contributed by atoms with van der Waals surface area (Å²) < 4.78 is 0. The number of likely N-dealkylation sites (N-methyl/N-ethyl adjacent to an activating group) is 1. The molecule has 0 spiro atoms. The number of carbonyl (C=O) groups excluding carboxylic acids is 3. The second-order valence-corrected chi connectivity index (χ2v) is 10.2. The van der Waals surface area contributed by atoms with Crippen LogP contribution in [-0.2, 0) is 9.59 Å². The molecule has 5 rings (SSSR count). The molecular formula is C26H25N7O3S. The molecule has 2 aliphatic rings. The predicted octanol–water partition coefficient (Wildman–Crippen LogP) is 2.88. The Morgan fingerprint density at radius 2 is 1.86 bits per heavy atom. The van der Waals surface area contributed by atoms with Crippen molar-refractivity contribution in [2.24, 2.45) is 0 Å². The van der Waals surface area contributed by atoms with Gasteiger partial charge < -0.3 is 14.7 Å². The molecule has 2 aliphatic heterocycles. The van der Waals surface area contributed by atoms with Gasteiger partial charge in [0.05, 0.1) is 35.3 Å². The topological polar surface area (TPSA) is 123 Å². The van der Waals surface area contributed by atoms with E-state index in [9.17, 15) is 19.6 Å². The van der Waals surface area contributed by atoms with E-state index in [1.807, 2.05) is 32.0 Å². The Labute approximate surface area is 218 Å². The fourth-order valence-corrected chi connectivity index (χ4v) is 5.70. The first-order valence-electron chi connectivity index (χ1n) is 11.8. The van der Waals surface area contributed by atoms with E-state index in [2.05, 4.69) is 16.4 Å². The van der Waals surface area contributed by atoms with Crippen molar-refractivity contribution >= 4 is 34.3 Å². The number of pyridine rings is 1. The molecule has 0 radical (unpaired) electrons. The first-order valence-corrected chi connectivity index (χ1v) is 12.6. The maximum absolute atomic E-state index is 13.2. The molecule has 37 heavy (non-hydrogen) atoms. The van der Waals surface area contributed by atoms with Gasteiger partial charge in [-0.25, -0.2) is 9.78 Å². The molecule has 0 bridgehead atoms. The number of amides is 4. The van der Waals surface area contributed by atoms with Gasteiger partial charge in [-0.2, -0.15) is 5.26 Å². The Hall–Kier alpha value is -4.30. The summed E-state index contributed by atoms with van der Waals surface area (Å²) >= 11 is 1.33. The molecule has 1 atom stereocenters. The Kier molecular flexibility index (Phi) is 6.35. The summed E-state index contributed by atoms with van der Waals surface area (Å²) in [5.41, 5.74) is 4.57. The van der Waals surface area contributed by atoms with E-state index in [-0.39, 0.29) is 30.9 Å². The minimum atomic E-state index is -0.676. The number of anilines is 1. The SMILES string of the molecule is Cc1cc(-c2sc(NC(=O)N3CCN4C(=O)CN(C)C(=O)C4C3)nc2-c2cccc(C#N)c2)cc(C)n1. The van der Waals surface area contributed by atoms with Crippen LogP contribution in [0.15, 0.2) is 36.4 Å². The van der Waals surface area contributed by atoms with E-state index in [0.717, 1.165) is 27.4 Å². The van der Waals surface area contributed by atoms with Gasteiger partial charge in [-0.3, -0.25) is 19.9 Å². The van der Waals surface area contributed by atoms with Gasteiger partial charge in [0.1, 0.15) is 6.04 Å². The number of benzene rings is 1. The fourth-order valence-electron chi connectivity index (χ4n) is 4.74. The number of nitrogens with one attached hydrogen (secondary N) is 1. The lowest BCUT2D eigenvalue weighted by molar-refractivity contribution is -0.157. The first kappa shape index (κ1) is 24.4. The highest BCUT2D eigenvalue weighted by Crippen LogP contribution is 2.39. The van der Waals surface area contributed by atoms with E-state index < -0.39 is 6.04 Å². The molecule has 4 amide bonds. The molecule has 2 aromatic heterocycles. The third-order valence-corrected chi connectivity index (χ3v) is 7.49. The first-order chi connectivity index (χ1) is 17.7. The van der Waals surface area contributed by atoms with Crippen molar-refractivity contribution in [1.82, 2.24) is 24.7 Å². The molecule has 2 fully saturated rings. The normalized spacial score (nSPS) is 17.5. The zero-order valence-electron chi connectivity index (χ0n) is 20.7. The summed E-state index contributed by atoms with van der Waals surface area (Å²) in [5, 5.41) is 12.7. The minimum absolute atomic E-state index is 0.0627. The molecule has 4 heterocycles. The number of rotatable bonds is 3.